The summed E-state index contributed by atoms with van der Waals surface area (Å²) in [6.45, 7) is 0.0116. The Morgan fingerprint density at radius 2 is 2.20 bits per heavy atom. The van der Waals surface area contributed by atoms with Crippen molar-refractivity contribution in [2.75, 3.05) is 5.73 Å². The fourth-order valence-corrected chi connectivity index (χ4v) is 3.75. The topological polar surface area (TPSA) is 103 Å². The van der Waals surface area contributed by atoms with Gasteiger partial charge in [0.25, 0.3) is 0 Å². The van der Waals surface area contributed by atoms with Gasteiger partial charge in [0.05, 0.1) is 15.9 Å². The Kier molecular flexibility index (Phi) is 4.33. The first kappa shape index (κ1) is 15.2. The van der Waals surface area contributed by atoms with Crippen LogP contribution in [0, 0.1) is 0 Å². The third-order valence-corrected chi connectivity index (χ3v) is 5.34. The van der Waals surface area contributed by atoms with Crippen molar-refractivity contribution in [1.82, 2.24) is 19.5 Å². The average Bonchev–Trinajstić information content (AvgIpc) is 2.77. The van der Waals surface area contributed by atoms with E-state index in [2.05, 4.69) is 30.8 Å². The van der Waals surface area contributed by atoms with Crippen molar-refractivity contribution in [2.45, 2.75) is 11.4 Å². The van der Waals surface area contributed by atoms with E-state index in [0.717, 1.165) is 0 Å². The van der Waals surface area contributed by atoms with Crippen LogP contribution >= 0.6 is 27.5 Å². The maximum Gasteiger partial charge on any atom is 0.242 e. The van der Waals surface area contributed by atoms with E-state index in [4.69, 9.17) is 17.3 Å². The summed E-state index contributed by atoms with van der Waals surface area (Å²) in [7, 11) is -2.05. The molecule has 0 radical (unpaired) electrons. The van der Waals surface area contributed by atoms with E-state index < -0.39 is 10.0 Å². The Morgan fingerprint density at radius 3 is 2.80 bits per heavy atom. The lowest BCUT2D eigenvalue weighted by Gasteiger charge is -2.10. The number of hydrogen-bond donors (Lipinski definition) is 2. The van der Waals surface area contributed by atoms with Gasteiger partial charge in [-0.2, -0.15) is 0 Å². The number of rotatable bonds is 4. The highest BCUT2D eigenvalue weighted by atomic mass is 79.9. The van der Waals surface area contributed by atoms with E-state index in [1.807, 2.05) is 0 Å². The summed E-state index contributed by atoms with van der Waals surface area (Å²) in [5.74, 6) is 0.486. The molecule has 1 aromatic heterocycles. The van der Waals surface area contributed by atoms with E-state index >= 15 is 0 Å². The molecule has 0 aliphatic carbocycles. The minimum absolute atomic E-state index is 0.0116. The Morgan fingerprint density at radius 1 is 1.50 bits per heavy atom. The maximum absolute atomic E-state index is 12.3. The highest BCUT2D eigenvalue weighted by Gasteiger charge is 2.20. The zero-order valence-corrected chi connectivity index (χ0v) is 13.5. The van der Waals surface area contributed by atoms with Gasteiger partial charge in [-0.1, -0.05) is 11.6 Å². The molecule has 20 heavy (non-hydrogen) atoms. The molecule has 0 aliphatic heterocycles. The highest BCUT2D eigenvalue weighted by Crippen LogP contribution is 2.31. The molecule has 1 heterocycles. The highest BCUT2D eigenvalue weighted by molar-refractivity contribution is 9.10. The molecule has 0 aliphatic rings. The lowest BCUT2D eigenvalue weighted by Crippen LogP contribution is -2.25. The number of nitrogens with zero attached hydrogens (tertiary/aromatic N) is 3. The zero-order chi connectivity index (χ0) is 14.9. The number of sulfonamides is 1. The number of hydrogen-bond acceptors (Lipinski definition) is 5. The van der Waals surface area contributed by atoms with Crippen molar-refractivity contribution in [3.63, 3.8) is 0 Å². The van der Waals surface area contributed by atoms with Gasteiger partial charge in [-0.3, -0.25) is 0 Å². The molecule has 10 heteroatoms. The monoisotopic (exact) mass is 379 g/mol. The van der Waals surface area contributed by atoms with Crippen LogP contribution in [0.2, 0.25) is 5.02 Å². The van der Waals surface area contributed by atoms with Gasteiger partial charge in [0, 0.05) is 17.8 Å². The van der Waals surface area contributed by atoms with Crippen LogP contribution in [0.15, 0.2) is 27.8 Å². The molecule has 0 atom stereocenters. The van der Waals surface area contributed by atoms with Crippen molar-refractivity contribution in [3.05, 3.63) is 33.8 Å². The van der Waals surface area contributed by atoms with Gasteiger partial charge in [0.1, 0.15) is 12.2 Å². The zero-order valence-electron chi connectivity index (χ0n) is 10.3. The predicted molar refractivity (Wildman–Crippen MR) is 78.6 cm³/mol. The van der Waals surface area contributed by atoms with E-state index in [-0.39, 0.29) is 26.6 Å². The second-order valence-electron chi connectivity index (χ2n) is 3.99. The molecule has 108 valence electrons. The van der Waals surface area contributed by atoms with Crippen molar-refractivity contribution < 1.29 is 8.42 Å². The summed E-state index contributed by atoms with van der Waals surface area (Å²) in [5, 5.41) is 7.70. The number of nitrogens with two attached hydrogens (primary N) is 1. The van der Waals surface area contributed by atoms with Crippen LogP contribution in [-0.2, 0) is 23.6 Å². The number of nitrogens with one attached hydrogen (secondary N) is 1. The van der Waals surface area contributed by atoms with Crippen molar-refractivity contribution in [3.8, 4) is 0 Å². The molecule has 0 unspecified atom stereocenters. The molecule has 0 fully saturated rings. The lowest BCUT2D eigenvalue weighted by atomic mass is 10.3. The summed E-state index contributed by atoms with van der Waals surface area (Å²) in [6, 6.07) is 2.79. The second-order valence-corrected chi connectivity index (χ2v) is 6.95. The van der Waals surface area contributed by atoms with Crippen LogP contribution < -0.4 is 10.5 Å². The first-order valence-corrected chi connectivity index (χ1v) is 8.03. The van der Waals surface area contributed by atoms with Gasteiger partial charge >= 0.3 is 0 Å². The number of aryl methyl sites for hydroxylation is 1. The van der Waals surface area contributed by atoms with Gasteiger partial charge in [0.2, 0.25) is 10.0 Å². The number of halogens is 2. The first-order chi connectivity index (χ1) is 9.31. The molecule has 2 rings (SSSR count). The molecule has 0 bridgehead atoms. The Bertz CT molecular complexity index is 746. The van der Waals surface area contributed by atoms with E-state index in [1.165, 1.54) is 18.5 Å². The van der Waals surface area contributed by atoms with E-state index in [0.29, 0.717) is 5.82 Å². The molecule has 0 amide bonds. The Balaban J connectivity index is 2.29. The molecule has 0 spiro atoms. The summed E-state index contributed by atoms with van der Waals surface area (Å²) in [4.78, 5) is -0.0235. The van der Waals surface area contributed by atoms with Crippen LogP contribution in [0.5, 0.6) is 0 Å². The normalized spacial score (nSPS) is 11.8. The SMILES string of the molecule is Cn1cnnc1CNS(=O)(=O)c1cc(Cl)cc(N)c1Br. The number of aromatic nitrogens is 3. The molecule has 1 aromatic carbocycles. The minimum Gasteiger partial charge on any atom is -0.398 e. The molecular weight excluding hydrogens is 370 g/mol. The van der Waals surface area contributed by atoms with E-state index in [1.54, 1.807) is 11.6 Å². The molecule has 2 aromatic rings. The number of anilines is 1. The van der Waals surface area contributed by atoms with Crippen molar-refractivity contribution in [2.24, 2.45) is 7.05 Å². The molecule has 0 saturated carbocycles. The third kappa shape index (κ3) is 3.11. The summed E-state index contributed by atoms with van der Waals surface area (Å²) in [6.07, 6.45) is 1.48. The molecule has 0 saturated heterocycles. The fourth-order valence-electron chi connectivity index (χ4n) is 1.48. The largest absolute Gasteiger partial charge is 0.398 e. The maximum atomic E-state index is 12.3. The Labute approximate surface area is 129 Å². The number of nitrogen functional groups attached to an aromatic ring is 1. The van der Waals surface area contributed by atoms with Crippen molar-refractivity contribution in [1.29, 1.82) is 0 Å². The van der Waals surface area contributed by atoms with Gasteiger partial charge in [0.15, 0.2) is 0 Å². The third-order valence-electron chi connectivity index (χ3n) is 2.55. The van der Waals surface area contributed by atoms with Crippen LogP contribution in [0.4, 0.5) is 5.69 Å². The lowest BCUT2D eigenvalue weighted by molar-refractivity contribution is 0.577. The summed E-state index contributed by atoms with van der Waals surface area (Å²) < 4.78 is 28.8. The minimum atomic E-state index is -3.77. The Hall–Kier alpha value is -1.16. The summed E-state index contributed by atoms with van der Waals surface area (Å²) in [5.41, 5.74) is 5.93. The van der Waals surface area contributed by atoms with E-state index in [9.17, 15) is 8.42 Å². The van der Waals surface area contributed by atoms with Crippen molar-refractivity contribution >= 4 is 43.2 Å². The second kappa shape index (κ2) is 5.68. The quantitative estimate of drug-likeness (QED) is 0.778. The van der Waals surface area contributed by atoms with Gasteiger partial charge in [-0.05, 0) is 28.1 Å². The van der Waals surface area contributed by atoms with Gasteiger partial charge in [-0.15, -0.1) is 10.2 Å². The fraction of sp³-hybridized carbons (Fsp3) is 0.200. The average molecular weight is 381 g/mol. The smallest absolute Gasteiger partial charge is 0.242 e. The molecule has 3 N–H and O–H groups in total. The van der Waals surface area contributed by atoms with Crippen LogP contribution in [0.25, 0.3) is 0 Å². The predicted octanol–water partition coefficient (Wildman–Crippen LogP) is 1.29. The summed E-state index contributed by atoms with van der Waals surface area (Å²) >= 11 is 8.98. The molecular formula is C10H11BrClN5O2S. The standard InChI is InChI=1S/C10H11BrClN5O2S/c1-17-5-14-16-9(17)4-15-20(18,19)8-3-6(12)2-7(13)10(8)11/h2-3,5,15H,4,13H2,1H3. The first-order valence-electron chi connectivity index (χ1n) is 5.38. The molecule has 7 nitrogen and oxygen atoms in total. The number of benzene rings is 1. The van der Waals surface area contributed by atoms with Crippen LogP contribution in [-0.4, -0.2) is 23.2 Å². The van der Waals surface area contributed by atoms with Gasteiger partial charge in [-0.25, -0.2) is 13.1 Å². The van der Waals surface area contributed by atoms with Crippen LogP contribution in [0.1, 0.15) is 5.82 Å². The van der Waals surface area contributed by atoms with Crippen LogP contribution in [0.3, 0.4) is 0 Å². The van der Waals surface area contributed by atoms with Gasteiger partial charge < -0.3 is 10.3 Å².